The zero-order valence-corrected chi connectivity index (χ0v) is 18.6. The van der Waals surface area contributed by atoms with Gasteiger partial charge in [-0.15, -0.1) is 0 Å². The Bertz CT molecular complexity index is 918. The molecule has 2 heterocycles. The molecule has 3 aliphatic rings. The third kappa shape index (κ3) is 5.05. The third-order valence-corrected chi connectivity index (χ3v) is 6.60. The highest BCUT2D eigenvalue weighted by atomic mass is 16.3. The second kappa shape index (κ2) is 9.32. The molecular formula is C24H34N6O. The van der Waals surface area contributed by atoms with Crippen LogP contribution in [0, 0.1) is 17.7 Å². The van der Waals surface area contributed by atoms with Gasteiger partial charge in [0.1, 0.15) is 17.5 Å². The highest BCUT2D eigenvalue weighted by Crippen LogP contribution is 2.75. The molecule has 5 rings (SSSR count). The van der Waals surface area contributed by atoms with Gasteiger partial charge in [0.25, 0.3) is 0 Å². The molecule has 0 bridgehead atoms. The van der Waals surface area contributed by atoms with E-state index in [1.807, 2.05) is 13.0 Å². The lowest BCUT2D eigenvalue weighted by Gasteiger charge is -2.18. The molecular weight excluding hydrogens is 388 g/mol. The van der Waals surface area contributed by atoms with Gasteiger partial charge in [-0.25, -0.2) is 9.97 Å². The maximum atomic E-state index is 8.00. The van der Waals surface area contributed by atoms with Crippen LogP contribution in [0.25, 0.3) is 0 Å². The molecule has 1 aromatic heterocycles. The maximum Gasteiger partial charge on any atom is 0.136 e. The summed E-state index contributed by atoms with van der Waals surface area (Å²) in [4.78, 5) is 11.5. The van der Waals surface area contributed by atoms with E-state index in [0.717, 1.165) is 47.7 Å². The second-order valence-corrected chi connectivity index (χ2v) is 8.92. The summed E-state index contributed by atoms with van der Waals surface area (Å²) in [6.45, 7) is 5.01. The smallest absolute Gasteiger partial charge is 0.136 e. The van der Waals surface area contributed by atoms with Crippen molar-refractivity contribution in [3.8, 4) is 0 Å². The molecule has 0 amide bonds. The number of aryl methyl sites for hydroxylation is 1. The SMILES string of the molecule is CNCCO.Cc1nc(Nc2cc(C3CC34CC4)ccc2C=N)cc(N2CCCC2)n1. The minimum Gasteiger partial charge on any atom is -0.395 e. The molecule has 7 nitrogen and oxygen atoms in total. The predicted molar refractivity (Wildman–Crippen MR) is 126 cm³/mol. The van der Waals surface area contributed by atoms with Crippen molar-refractivity contribution in [2.45, 2.75) is 44.9 Å². The Labute approximate surface area is 184 Å². The van der Waals surface area contributed by atoms with Gasteiger partial charge in [0.15, 0.2) is 0 Å². The molecule has 1 aromatic carbocycles. The van der Waals surface area contributed by atoms with E-state index >= 15 is 0 Å². The van der Waals surface area contributed by atoms with Crippen molar-refractivity contribution in [1.29, 1.82) is 5.41 Å². The molecule has 1 atom stereocenters. The van der Waals surface area contributed by atoms with Crippen molar-refractivity contribution in [1.82, 2.24) is 15.3 Å². The van der Waals surface area contributed by atoms with Gasteiger partial charge in [-0.2, -0.15) is 0 Å². The van der Waals surface area contributed by atoms with Crippen LogP contribution in [0.3, 0.4) is 0 Å². The molecule has 31 heavy (non-hydrogen) atoms. The second-order valence-electron chi connectivity index (χ2n) is 8.92. The summed E-state index contributed by atoms with van der Waals surface area (Å²) in [6.07, 6.45) is 7.99. The molecule has 2 aromatic rings. The molecule has 2 aliphatic carbocycles. The number of aromatic nitrogens is 2. The van der Waals surface area contributed by atoms with Crippen LogP contribution in [0.4, 0.5) is 17.3 Å². The molecule has 2 saturated carbocycles. The van der Waals surface area contributed by atoms with Crippen molar-refractivity contribution >= 4 is 23.5 Å². The van der Waals surface area contributed by atoms with Crippen LogP contribution in [0.2, 0.25) is 0 Å². The van der Waals surface area contributed by atoms with Gasteiger partial charge in [-0.3, -0.25) is 0 Å². The topological polar surface area (TPSA) is 97.2 Å². The average Bonchev–Trinajstić information content (AvgIpc) is 3.63. The summed E-state index contributed by atoms with van der Waals surface area (Å²) in [7, 11) is 1.80. The summed E-state index contributed by atoms with van der Waals surface area (Å²) >= 11 is 0. The molecule has 1 spiro atoms. The monoisotopic (exact) mass is 422 g/mol. The molecule has 7 heteroatoms. The molecule has 1 unspecified atom stereocenters. The van der Waals surface area contributed by atoms with Crippen LogP contribution in [-0.4, -0.2) is 54.6 Å². The fourth-order valence-corrected chi connectivity index (χ4v) is 4.53. The number of aliphatic hydroxyl groups is 1. The quantitative estimate of drug-likeness (QED) is 0.509. The van der Waals surface area contributed by atoms with E-state index in [1.54, 1.807) is 7.05 Å². The van der Waals surface area contributed by atoms with Crippen LogP contribution in [0.15, 0.2) is 24.3 Å². The van der Waals surface area contributed by atoms with Gasteiger partial charge in [-0.1, -0.05) is 12.1 Å². The first-order valence-corrected chi connectivity index (χ1v) is 11.4. The van der Waals surface area contributed by atoms with E-state index < -0.39 is 0 Å². The van der Waals surface area contributed by atoms with Crippen molar-refractivity contribution in [2.24, 2.45) is 5.41 Å². The number of likely N-dealkylation sites (N-methyl/N-ethyl adjacent to an activating group) is 1. The number of hydrogen-bond acceptors (Lipinski definition) is 7. The minimum atomic E-state index is 0.233. The van der Waals surface area contributed by atoms with Crippen molar-refractivity contribution < 1.29 is 5.11 Å². The van der Waals surface area contributed by atoms with E-state index in [1.165, 1.54) is 43.9 Å². The molecule has 166 valence electrons. The first-order valence-electron chi connectivity index (χ1n) is 11.4. The third-order valence-electron chi connectivity index (χ3n) is 6.60. The van der Waals surface area contributed by atoms with Gasteiger partial charge in [0.05, 0.1) is 6.61 Å². The average molecular weight is 423 g/mol. The first kappa shape index (κ1) is 21.7. The Hall–Kier alpha value is -2.51. The Morgan fingerprint density at radius 2 is 2.00 bits per heavy atom. The number of benzene rings is 1. The molecule has 1 saturated heterocycles. The summed E-state index contributed by atoms with van der Waals surface area (Å²) in [5.74, 6) is 3.32. The Morgan fingerprint density at radius 3 is 2.58 bits per heavy atom. The highest BCUT2D eigenvalue weighted by Gasteiger charge is 2.62. The highest BCUT2D eigenvalue weighted by molar-refractivity contribution is 5.87. The summed E-state index contributed by atoms with van der Waals surface area (Å²) in [5.41, 5.74) is 3.92. The predicted octanol–water partition coefficient (Wildman–Crippen LogP) is 3.59. The number of rotatable bonds is 7. The van der Waals surface area contributed by atoms with Crippen LogP contribution < -0.4 is 15.5 Å². The van der Waals surface area contributed by atoms with Crippen LogP contribution in [0.5, 0.6) is 0 Å². The van der Waals surface area contributed by atoms with E-state index in [9.17, 15) is 0 Å². The molecule has 1 aliphatic heterocycles. The number of anilines is 3. The fraction of sp³-hybridized carbons (Fsp3) is 0.542. The van der Waals surface area contributed by atoms with Gasteiger partial charge < -0.3 is 26.0 Å². The van der Waals surface area contributed by atoms with Crippen LogP contribution in [0.1, 0.15) is 55.0 Å². The van der Waals surface area contributed by atoms with Gasteiger partial charge in [0.2, 0.25) is 0 Å². The lowest BCUT2D eigenvalue weighted by atomic mass is 10.0. The largest absolute Gasteiger partial charge is 0.395 e. The normalized spacial score (nSPS) is 20.2. The van der Waals surface area contributed by atoms with E-state index in [-0.39, 0.29) is 6.61 Å². The summed E-state index contributed by atoms with van der Waals surface area (Å²) in [6, 6.07) is 8.53. The lowest BCUT2D eigenvalue weighted by molar-refractivity contribution is 0.296. The maximum absolute atomic E-state index is 8.00. The number of nitrogens with one attached hydrogen (secondary N) is 3. The zero-order chi connectivity index (χ0) is 21.8. The first-order chi connectivity index (χ1) is 15.1. The standard InChI is InChI=1S/C21H25N5.C3H9NO/c1-14-23-19(11-20(24-14)26-8-2-3-9-26)25-18-10-15(4-5-16(18)13-22)17-12-21(17)6-7-21;1-4-2-3-5/h4-5,10-11,13,17,22H,2-3,6-9,12H2,1H3,(H,23,24,25);4-5H,2-3H2,1H3. The molecule has 3 fully saturated rings. The lowest BCUT2D eigenvalue weighted by Crippen LogP contribution is -2.19. The number of aliphatic hydroxyl groups excluding tert-OH is 1. The molecule has 0 radical (unpaired) electrons. The number of nitrogens with zero attached hydrogens (tertiary/aromatic N) is 3. The van der Waals surface area contributed by atoms with E-state index in [4.69, 9.17) is 10.5 Å². The van der Waals surface area contributed by atoms with Gasteiger partial charge >= 0.3 is 0 Å². The fourth-order valence-electron chi connectivity index (χ4n) is 4.53. The van der Waals surface area contributed by atoms with Crippen molar-refractivity contribution in [2.75, 3.05) is 43.5 Å². The Kier molecular flexibility index (Phi) is 6.53. The zero-order valence-electron chi connectivity index (χ0n) is 18.6. The van der Waals surface area contributed by atoms with Crippen LogP contribution in [-0.2, 0) is 0 Å². The molecule has 4 N–H and O–H groups in total. The number of hydrogen-bond donors (Lipinski definition) is 4. The summed E-state index contributed by atoms with van der Waals surface area (Å²) < 4.78 is 0. The van der Waals surface area contributed by atoms with Crippen LogP contribution >= 0.6 is 0 Å². The minimum absolute atomic E-state index is 0.233. The van der Waals surface area contributed by atoms with Crippen molar-refractivity contribution in [3.63, 3.8) is 0 Å². The van der Waals surface area contributed by atoms with E-state index in [0.29, 0.717) is 12.0 Å². The van der Waals surface area contributed by atoms with Gasteiger partial charge in [0, 0.05) is 43.2 Å². The van der Waals surface area contributed by atoms with Crippen molar-refractivity contribution in [3.05, 3.63) is 41.2 Å². The van der Waals surface area contributed by atoms with Gasteiger partial charge in [-0.05, 0) is 69.0 Å². The summed E-state index contributed by atoms with van der Waals surface area (Å²) in [5, 5.41) is 22.0. The Balaban J connectivity index is 0.000000418. The van der Waals surface area contributed by atoms with E-state index in [2.05, 4.69) is 43.7 Å². The Morgan fingerprint density at radius 1 is 1.23 bits per heavy atom.